The van der Waals surface area contributed by atoms with Crippen molar-refractivity contribution in [2.24, 2.45) is 5.73 Å². The molecule has 0 radical (unpaired) electrons. The molecule has 2 saturated heterocycles. The minimum absolute atomic E-state index is 0.0478. The number of unbranched alkanes of at least 4 members (excludes halogenated alkanes) is 2. The molecule has 6 rings (SSSR count). The molecule has 4 aliphatic heterocycles. The van der Waals surface area contributed by atoms with Gasteiger partial charge in [0.15, 0.2) is 29.2 Å². The van der Waals surface area contributed by atoms with Crippen LogP contribution < -0.4 is 34.5 Å². The van der Waals surface area contributed by atoms with Crippen LogP contribution in [0, 0.1) is 0 Å². The maximum atomic E-state index is 13.5. The quantitative estimate of drug-likeness (QED) is 0.294. The normalized spacial score (nSPS) is 21.8. The van der Waals surface area contributed by atoms with Crippen LogP contribution in [-0.4, -0.2) is 115 Å². The summed E-state index contributed by atoms with van der Waals surface area (Å²) in [5.74, 6) is 0.568. The second-order valence-corrected chi connectivity index (χ2v) is 13.1. The van der Waals surface area contributed by atoms with Gasteiger partial charge in [-0.15, -0.1) is 0 Å². The minimum atomic E-state index is -1.41. The number of fused-ring (bicyclic) bond motifs is 4. The summed E-state index contributed by atoms with van der Waals surface area (Å²) in [6.07, 6.45) is 2.06. The highest BCUT2D eigenvalue weighted by Crippen LogP contribution is 2.42. The zero-order valence-electron chi connectivity index (χ0n) is 28.6. The van der Waals surface area contributed by atoms with E-state index < -0.39 is 24.4 Å². The number of aliphatic hydroxyl groups is 1. The third-order valence-corrected chi connectivity index (χ3v) is 9.94. The number of aliphatic hydroxyl groups excluding tert-OH is 1. The number of carbonyl (C=O) groups is 4. The molecular formula is C35H45N5O10. The Morgan fingerprint density at radius 1 is 0.840 bits per heavy atom. The molecular weight excluding hydrogens is 650 g/mol. The minimum Gasteiger partial charge on any atom is -0.493 e. The highest BCUT2D eigenvalue weighted by atomic mass is 16.5. The van der Waals surface area contributed by atoms with Crippen LogP contribution in [-0.2, 0) is 4.79 Å². The van der Waals surface area contributed by atoms with Gasteiger partial charge in [-0.3, -0.25) is 14.4 Å². The number of hydrogen-bond donors (Lipinski definition) is 3. The molecule has 2 fully saturated rings. The van der Waals surface area contributed by atoms with Crippen molar-refractivity contribution in [2.75, 3.05) is 56.9 Å². The standard InChI is InChI=1S/C35H45N5O10/c1-20(36)31(41)39-19-21-9-7-11-37(21)32(42)22-15-27(47-2)29(17-25(22)39)49-13-5-4-6-14-50-30-18-26-23(16-28(30)48-3)33(43)38-12-8-10-24(38)34(44)40(26)35(45)46/h15-18,20-21,24,34,44H,4-14,19,36H2,1-3H3,(H,45,46)/t20-,21-,24-,34?/m0/s1. The summed E-state index contributed by atoms with van der Waals surface area (Å²) >= 11 is 0. The molecule has 1 unspecified atom stereocenters. The van der Waals surface area contributed by atoms with Crippen LogP contribution in [0.4, 0.5) is 16.2 Å². The third kappa shape index (κ3) is 6.47. The summed E-state index contributed by atoms with van der Waals surface area (Å²) < 4.78 is 23.2. The Kier molecular flexibility index (Phi) is 10.3. The molecule has 15 heteroatoms. The van der Waals surface area contributed by atoms with Crippen molar-refractivity contribution in [2.45, 2.75) is 76.2 Å². The molecule has 0 aromatic heterocycles. The van der Waals surface area contributed by atoms with Crippen LogP contribution in [0.2, 0.25) is 0 Å². The maximum absolute atomic E-state index is 13.5. The van der Waals surface area contributed by atoms with E-state index in [1.165, 1.54) is 31.3 Å². The van der Waals surface area contributed by atoms with Crippen LogP contribution in [0.1, 0.15) is 72.6 Å². The van der Waals surface area contributed by atoms with Gasteiger partial charge in [0.25, 0.3) is 11.8 Å². The van der Waals surface area contributed by atoms with Gasteiger partial charge in [-0.25, -0.2) is 9.69 Å². The molecule has 4 amide bonds. The molecule has 270 valence electrons. The summed E-state index contributed by atoms with van der Waals surface area (Å²) in [6, 6.07) is 4.78. The molecule has 4 aliphatic rings. The zero-order valence-corrected chi connectivity index (χ0v) is 28.6. The van der Waals surface area contributed by atoms with E-state index in [9.17, 15) is 29.4 Å². The first-order valence-corrected chi connectivity index (χ1v) is 17.1. The summed E-state index contributed by atoms with van der Waals surface area (Å²) in [6.45, 7) is 3.66. The van der Waals surface area contributed by atoms with Crippen LogP contribution in [0.5, 0.6) is 23.0 Å². The molecule has 0 saturated carbocycles. The van der Waals surface area contributed by atoms with Crippen molar-refractivity contribution < 1.29 is 48.3 Å². The van der Waals surface area contributed by atoms with E-state index in [2.05, 4.69) is 0 Å². The number of benzene rings is 2. The first-order valence-electron chi connectivity index (χ1n) is 17.1. The maximum Gasteiger partial charge on any atom is 0.414 e. The van der Waals surface area contributed by atoms with E-state index in [0.717, 1.165) is 17.7 Å². The topological polar surface area (TPSA) is 185 Å². The van der Waals surface area contributed by atoms with E-state index in [-0.39, 0.29) is 53.1 Å². The molecule has 4 atom stereocenters. The fourth-order valence-corrected chi connectivity index (χ4v) is 7.40. The lowest BCUT2D eigenvalue weighted by Crippen LogP contribution is -2.50. The van der Waals surface area contributed by atoms with Gasteiger partial charge in [0, 0.05) is 31.8 Å². The largest absolute Gasteiger partial charge is 0.493 e. The average Bonchev–Trinajstić information content (AvgIpc) is 3.75. The number of anilines is 2. The lowest BCUT2D eigenvalue weighted by molar-refractivity contribution is -0.119. The molecule has 0 bridgehead atoms. The van der Waals surface area contributed by atoms with Crippen molar-refractivity contribution in [3.63, 3.8) is 0 Å². The van der Waals surface area contributed by atoms with Gasteiger partial charge in [-0.2, -0.15) is 0 Å². The van der Waals surface area contributed by atoms with Crippen molar-refractivity contribution >= 4 is 35.2 Å². The van der Waals surface area contributed by atoms with E-state index in [1.807, 2.05) is 4.90 Å². The smallest absolute Gasteiger partial charge is 0.414 e. The SMILES string of the molecule is COc1cc2c(cc1OCCCCCOc1cc3c(cc1OC)C(=O)N1CCC[C@H]1C(O)N3C(=O)O)N(C(=O)[C@H](C)N)C[C@@H]1CCCN1C2=O. The lowest BCUT2D eigenvalue weighted by Gasteiger charge is -2.30. The number of ether oxygens (including phenoxy) is 4. The molecule has 4 heterocycles. The van der Waals surface area contributed by atoms with Crippen molar-refractivity contribution in [3.05, 3.63) is 35.4 Å². The van der Waals surface area contributed by atoms with Gasteiger partial charge < -0.3 is 49.6 Å². The molecule has 0 aliphatic carbocycles. The number of nitrogens with two attached hydrogens (primary N) is 1. The first kappa shape index (κ1) is 35.1. The van der Waals surface area contributed by atoms with Gasteiger partial charge in [0.05, 0.1) is 68.1 Å². The van der Waals surface area contributed by atoms with E-state index in [1.54, 1.807) is 24.0 Å². The van der Waals surface area contributed by atoms with E-state index >= 15 is 0 Å². The number of rotatable bonds is 11. The highest BCUT2D eigenvalue weighted by Gasteiger charge is 2.45. The Hall–Kier alpha value is -4.76. The van der Waals surface area contributed by atoms with Crippen LogP contribution in [0.3, 0.4) is 0 Å². The summed E-state index contributed by atoms with van der Waals surface area (Å²) in [7, 11) is 2.94. The number of amides is 4. The highest BCUT2D eigenvalue weighted by molar-refractivity contribution is 6.08. The third-order valence-electron chi connectivity index (χ3n) is 9.94. The summed E-state index contributed by atoms with van der Waals surface area (Å²) in [5.41, 5.74) is 7.01. The number of nitrogens with zero attached hydrogens (tertiary/aromatic N) is 4. The Bertz CT molecular complexity index is 1650. The van der Waals surface area contributed by atoms with Crippen molar-refractivity contribution in [1.82, 2.24) is 9.80 Å². The van der Waals surface area contributed by atoms with E-state index in [4.69, 9.17) is 24.7 Å². The zero-order chi connectivity index (χ0) is 35.7. The predicted octanol–water partition coefficient (Wildman–Crippen LogP) is 3.05. The Balaban J connectivity index is 1.10. The van der Waals surface area contributed by atoms with Crippen molar-refractivity contribution in [3.8, 4) is 23.0 Å². The molecule has 2 aromatic carbocycles. The monoisotopic (exact) mass is 695 g/mol. The Morgan fingerprint density at radius 3 is 2.00 bits per heavy atom. The fourth-order valence-electron chi connectivity index (χ4n) is 7.40. The van der Waals surface area contributed by atoms with Crippen LogP contribution >= 0.6 is 0 Å². The fraction of sp³-hybridized carbons (Fsp3) is 0.543. The molecule has 50 heavy (non-hydrogen) atoms. The predicted molar refractivity (Wildman–Crippen MR) is 181 cm³/mol. The van der Waals surface area contributed by atoms with Gasteiger partial charge in [-0.1, -0.05) is 0 Å². The van der Waals surface area contributed by atoms with Gasteiger partial charge in [-0.05, 0) is 64.0 Å². The molecule has 15 nitrogen and oxygen atoms in total. The van der Waals surface area contributed by atoms with Crippen molar-refractivity contribution in [1.29, 1.82) is 0 Å². The number of methoxy groups -OCH3 is 2. The second-order valence-electron chi connectivity index (χ2n) is 13.1. The van der Waals surface area contributed by atoms with Crippen LogP contribution in [0.25, 0.3) is 0 Å². The summed E-state index contributed by atoms with van der Waals surface area (Å²) in [4.78, 5) is 58.1. The molecule has 4 N–H and O–H groups in total. The average molecular weight is 696 g/mol. The van der Waals surface area contributed by atoms with E-state index in [0.29, 0.717) is 81.1 Å². The van der Waals surface area contributed by atoms with Gasteiger partial charge in [0.2, 0.25) is 5.91 Å². The molecule has 0 spiro atoms. The summed E-state index contributed by atoms with van der Waals surface area (Å²) in [5, 5.41) is 21.0. The van der Waals surface area contributed by atoms with Gasteiger partial charge in [0.1, 0.15) is 0 Å². The molecule has 2 aromatic rings. The Morgan fingerprint density at radius 2 is 1.40 bits per heavy atom. The second kappa shape index (κ2) is 14.6. The van der Waals surface area contributed by atoms with Crippen LogP contribution in [0.15, 0.2) is 24.3 Å². The van der Waals surface area contributed by atoms with Gasteiger partial charge >= 0.3 is 6.09 Å². The number of hydrogen-bond acceptors (Lipinski definition) is 10. The first-order chi connectivity index (χ1) is 24.0. The number of carbonyl (C=O) groups excluding carboxylic acids is 3. The Labute approximate surface area is 290 Å². The lowest BCUT2D eigenvalue weighted by atomic mass is 10.1. The number of carboxylic acid groups (broad SMARTS) is 1.